The number of hydrogen-bond acceptors (Lipinski definition) is 3. The topological polar surface area (TPSA) is 61.8 Å². The lowest BCUT2D eigenvalue weighted by Crippen LogP contribution is -2.26. The molecule has 1 N–H and O–H groups in total. The van der Waals surface area contributed by atoms with Crippen LogP contribution in [0.1, 0.15) is 66.4 Å². The first-order valence-corrected chi connectivity index (χ1v) is 10.9. The van der Waals surface area contributed by atoms with Gasteiger partial charge >= 0.3 is 0 Å². The molecular formula is C25H29N3O2. The van der Waals surface area contributed by atoms with Crippen molar-refractivity contribution in [1.29, 1.82) is 0 Å². The Morgan fingerprint density at radius 3 is 2.50 bits per heavy atom. The highest BCUT2D eigenvalue weighted by Crippen LogP contribution is 2.37. The lowest BCUT2D eigenvalue weighted by Gasteiger charge is -2.22. The molecule has 0 radical (unpaired) electrons. The molecule has 4 rings (SSSR count). The summed E-state index contributed by atoms with van der Waals surface area (Å²) in [5, 5.41) is 3.00. The molecule has 5 nitrogen and oxygen atoms in total. The van der Waals surface area contributed by atoms with Gasteiger partial charge in [-0.2, -0.15) is 0 Å². The Morgan fingerprint density at radius 1 is 1.07 bits per heavy atom. The maximum absolute atomic E-state index is 13.1. The lowest BCUT2D eigenvalue weighted by molar-refractivity contribution is -0.115. The lowest BCUT2D eigenvalue weighted by atomic mass is 9.89. The third-order valence-electron chi connectivity index (χ3n) is 6.19. The predicted molar refractivity (Wildman–Crippen MR) is 120 cm³/mol. The van der Waals surface area contributed by atoms with Gasteiger partial charge in [0.25, 0.3) is 5.91 Å². The summed E-state index contributed by atoms with van der Waals surface area (Å²) < 4.78 is 0. The monoisotopic (exact) mass is 403 g/mol. The van der Waals surface area contributed by atoms with E-state index >= 15 is 0 Å². The van der Waals surface area contributed by atoms with Gasteiger partial charge in [0.15, 0.2) is 0 Å². The number of carbonyl (C=O) groups excluding carboxylic acids is 2. The number of hydrogen-bond donors (Lipinski definition) is 1. The van der Waals surface area contributed by atoms with Gasteiger partial charge in [0, 0.05) is 24.8 Å². The van der Waals surface area contributed by atoms with E-state index in [0.29, 0.717) is 17.8 Å². The Labute approximate surface area is 178 Å². The van der Waals surface area contributed by atoms with Gasteiger partial charge in [0.1, 0.15) is 5.92 Å². The molecule has 30 heavy (non-hydrogen) atoms. The van der Waals surface area contributed by atoms with Gasteiger partial charge in [-0.25, -0.2) is 0 Å². The molecule has 2 aromatic carbocycles. The minimum absolute atomic E-state index is 0.0443. The average Bonchev–Trinajstić information content (AvgIpc) is 3.12. The quantitative estimate of drug-likeness (QED) is 0.740. The molecule has 0 saturated heterocycles. The minimum atomic E-state index is -0.447. The summed E-state index contributed by atoms with van der Waals surface area (Å²) in [6.45, 7) is 2.58. The van der Waals surface area contributed by atoms with Gasteiger partial charge in [-0.3, -0.25) is 14.6 Å². The summed E-state index contributed by atoms with van der Waals surface area (Å²) in [5.41, 5.74) is 4.02. The fourth-order valence-electron chi connectivity index (χ4n) is 4.36. The van der Waals surface area contributed by atoms with E-state index in [2.05, 4.69) is 5.32 Å². The number of aliphatic imine (C=N–C) groups is 1. The molecule has 0 aromatic heterocycles. The van der Waals surface area contributed by atoms with E-state index in [-0.39, 0.29) is 17.9 Å². The molecule has 2 aliphatic rings. The van der Waals surface area contributed by atoms with Crippen LogP contribution in [0.4, 0.5) is 5.69 Å². The van der Waals surface area contributed by atoms with E-state index in [1.807, 2.05) is 49.4 Å². The molecule has 1 saturated carbocycles. The molecule has 0 bridgehead atoms. The summed E-state index contributed by atoms with van der Waals surface area (Å²) in [4.78, 5) is 32.4. The van der Waals surface area contributed by atoms with Crippen molar-refractivity contribution in [1.82, 2.24) is 4.90 Å². The average molecular weight is 404 g/mol. The van der Waals surface area contributed by atoms with Crippen LogP contribution in [0.15, 0.2) is 53.5 Å². The molecule has 2 aromatic rings. The second kappa shape index (κ2) is 8.82. The van der Waals surface area contributed by atoms with Crippen molar-refractivity contribution < 1.29 is 9.59 Å². The Hall–Kier alpha value is -2.95. The Kier molecular flexibility index (Phi) is 5.98. The number of fused-ring (bicyclic) bond motifs is 1. The van der Waals surface area contributed by atoms with Gasteiger partial charge in [-0.15, -0.1) is 0 Å². The normalized spacial score (nSPS) is 19.3. The van der Waals surface area contributed by atoms with Crippen LogP contribution in [-0.4, -0.2) is 42.1 Å². The first kappa shape index (κ1) is 20.3. The zero-order valence-corrected chi connectivity index (χ0v) is 17.7. The zero-order valence-electron chi connectivity index (χ0n) is 17.7. The third-order valence-corrected chi connectivity index (χ3v) is 6.19. The van der Waals surface area contributed by atoms with Crippen molar-refractivity contribution in [3.63, 3.8) is 0 Å². The molecule has 1 heterocycles. The SMILES string of the molecule is CCN(C)C(=O)c1ccc2c(c1)NC(=O)C2C(=NC1CCCCC1)c1ccccc1. The highest BCUT2D eigenvalue weighted by atomic mass is 16.2. The first-order valence-electron chi connectivity index (χ1n) is 10.9. The summed E-state index contributed by atoms with van der Waals surface area (Å²) >= 11 is 0. The fourth-order valence-corrected chi connectivity index (χ4v) is 4.36. The van der Waals surface area contributed by atoms with E-state index in [1.54, 1.807) is 18.0 Å². The zero-order chi connectivity index (χ0) is 21.1. The maximum Gasteiger partial charge on any atom is 0.253 e. The van der Waals surface area contributed by atoms with E-state index < -0.39 is 5.92 Å². The van der Waals surface area contributed by atoms with Crippen molar-refractivity contribution in [2.75, 3.05) is 18.9 Å². The second-order valence-electron chi connectivity index (χ2n) is 8.22. The summed E-state index contributed by atoms with van der Waals surface area (Å²) in [6, 6.07) is 15.8. The van der Waals surface area contributed by atoms with Crippen LogP contribution < -0.4 is 5.32 Å². The van der Waals surface area contributed by atoms with E-state index in [9.17, 15) is 9.59 Å². The number of carbonyl (C=O) groups is 2. The van der Waals surface area contributed by atoms with E-state index in [1.165, 1.54) is 19.3 Å². The van der Waals surface area contributed by atoms with Crippen molar-refractivity contribution in [3.8, 4) is 0 Å². The second-order valence-corrected chi connectivity index (χ2v) is 8.22. The van der Waals surface area contributed by atoms with Gasteiger partial charge in [-0.1, -0.05) is 55.7 Å². The van der Waals surface area contributed by atoms with Crippen molar-refractivity contribution in [2.45, 2.75) is 51.0 Å². The van der Waals surface area contributed by atoms with Crippen molar-refractivity contribution >= 4 is 23.2 Å². The molecule has 5 heteroatoms. The number of nitrogens with zero attached hydrogens (tertiary/aromatic N) is 2. The number of amides is 2. The number of anilines is 1. The Bertz CT molecular complexity index is 962. The van der Waals surface area contributed by atoms with Crippen molar-refractivity contribution in [2.24, 2.45) is 4.99 Å². The smallest absolute Gasteiger partial charge is 0.253 e. The molecule has 0 spiro atoms. The molecular weight excluding hydrogens is 374 g/mol. The largest absolute Gasteiger partial charge is 0.342 e. The van der Waals surface area contributed by atoms with Crippen LogP contribution in [0.25, 0.3) is 0 Å². The molecule has 1 unspecified atom stereocenters. The fraction of sp³-hybridized carbons (Fsp3) is 0.400. The minimum Gasteiger partial charge on any atom is -0.342 e. The Balaban J connectivity index is 1.73. The summed E-state index contributed by atoms with van der Waals surface area (Å²) in [7, 11) is 1.78. The van der Waals surface area contributed by atoms with Gasteiger partial charge < -0.3 is 10.2 Å². The first-order chi connectivity index (χ1) is 14.6. The van der Waals surface area contributed by atoms with Gasteiger partial charge in [0.05, 0.1) is 11.8 Å². The molecule has 1 aliphatic heterocycles. The van der Waals surface area contributed by atoms with E-state index in [0.717, 1.165) is 29.7 Å². The highest BCUT2D eigenvalue weighted by molar-refractivity contribution is 6.24. The van der Waals surface area contributed by atoms with Crippen LogP contribution in [0, 0.1) is 0 Å². The standard InChI is InChI=1S/C25H29N3O2/c1-3-28(2)25(30)18-14-15-20-21(16-18)27-24(29)22(20)23(17-10-6-4-7-11-17)26-19-12-8-5-9-13-19/h4,6-7,10-11,14-16,19,22H,3,5,8-9,12-13H2,1-2H3,(H,27,29). The van der Waals surface area contributed by atoms with Crippen LogP contribution in [0.3, 0.4) is 0 Å². The number of nitrogens with one attached hydrogen (secondary N) is 1. The highest BCUT2D eigenvalue weighted by Gasteiger charge is 2.36. The van der Waals surface area contributed by atoms with Crippen LogP contribution in [-0.2, 0) is 4.79 Å². The maximum atomic E-state index is 13.1. The third kappa shape index (κ3) is 4.02. The van der Waals surface area contributed by atoms with Gasteiger partial charge in [0.2, 0.25) is 5.91 Å². The Morgan fingerprint density at radius 2 is 1.80 bits per heavy atom. The summed E-state index contributed by atoms with van der Waals surface area (Å²) in [6.07, 6.45) is 5.81. The van der Waals surface area contributed by atoms with Crippen LogP contribution in [0.2, 0.25) is 0 Å². The molecule has 1 aliphatic carbocycles. The van der Waals surface area contributed by atoms with Crippen LogP contribution in [0.5, 0.6) is 0 Å². The van der Waals surface area contributed by atoms with Crippen LogP contribution >= 0.6 is 0 Å². The molecule has 1 atom stereocenters. The number of benzene rings is 2. The molecule has 156 valence electrons. The number of rotatable bonds is 5. The summed E-state index contributed by atoms with van der Waals surface area (Å²) in [5.74, 6) is -0.564. The predicted octanol–water partition coefficient (Wildman–Crippen LogP) is 4.64. The molecule has 1 fully saturated rings. The van der Waals surface area contributed by atoms with E-state index in [4.69, 9.17) is 4.99 Å². The molecule has 2 amide bonds. The van der Waals surface area contributed by atoms with Crippen molar-refractivity contribution in [3.05, 3.63) is 65.2 Å². The van der Waals surface area contributed by atoms with Gasteiger partial charge in [-0.05, 0) is 43.0 Å².